The van der Waals surface area contributed by atoms with E-state index in [2.05, 4.69) is 0 Å². The Hall–Kier alpha value is -1.46. The van der Waals surface area contributed by atoms with E-state index in [-0.39, 0.29) is 0 Å². The van der Waals surface area contributed by atoms with Crippen LogP contribution in [0.1, 0.15) is 5.56 Å². The Balaban J connectivity index is 2.12. The van der Waals surface area contributed by atoms with Crippen LogP contribution in [0.15, 0.2) is 60.7 Å². The topological polar surface area (TPSA) is 17.1 Å². The number of hydrogen-bond acceptors (Lipinski definition) is 1. The van der Waals surface area contributed by atoms with E-state index in [0.717, 1.165) is 10.9 Å². The van der Waals surface area contributed by atoms with Crippen LogP contribution in [-0.2, 0) is 10.7 Å². The molecular formula is C13H12OP+. The van der Waals surface area contributed by atoms with Gasteiger partial charge in [-0.3, -0.25) is 0 Å². The van der Waals surface area contributed by atoms with E-state index < -0.39 is 7.80 Å². The standard InChI is InChI=1S/C13H12OP/c14-15(13-9-5-2-6-10-13)11-12-7-3-1-4-8-12/h1-10H,11H2/q+1. The number of hydrogen-bond donors (Lipinski definition) is 0. The molecule has 2 aromatic rings. The molecule has 0 amide bonds. The largest absolute Gasteiger partial charge is 0.381 e. The predicted molar refractivity (Wildman–Crippen MR) is 63.8 cm³/mol. The first-order valence-corrected chi connectivity index (χ1v) is 6.34. The van der Waals surface area contributed by atoms with Crippen molar-refractivity contribution in [3.8, 4) is 0 Å². The minimum absolute atomic E-state index is 0.625. The Bertz CT molecular complexity index is 437. The van der Waals surface area contributed by atoms with E-state index in [0.29, 0.717) is 6.16 Å². The fourth-order valence-corrected chi connectivity index (χ4v) is 2.66. The van der Waals surface area contributed by atoms with Gasteiger partial charge in [0.2, 0.25) is 0 Å². The molecule has 2 heteroatoms. The second kappa shape index (κ2) is 4.86. The van der Waals surface area contributed by atoms with Gasteiger partial charge in [0.05, 0.1) is 0 Å². The third-order valence-electron chi connectivity index (χ3n) is 2.21. The molecular weight excluding hydrogens is 203 g/mol. The fourth-order valence-electron chi connectivity index (χ4n) is 1.43. The van der Waals surface area contributed by atoms with Crippen LogP contribution in [0, 0.1) is 0 Å². The summed E-state index contributed by atoms with van der Waals surface area (Å²) < 4.78 is 12.0. The summed E-state index contributed by atoms with van der Waals surface area (Å²) in [4.78, 5) is 0. The van der Waals surface area contributed by atoms with Crippen LogP contribution >= 0.6 is 7.80 Å². The van der Waals surface area contributed by atoms with Crippen molar-refractivity contribution >= 4 is 13.1 Å². The normalized spacial score (nSPS) is 11.1. The van der Waals surface area contributed by atoms with Gasteiger partial charge in [-0.05, 0) is 12.1 Å². The molecule has 0 N–H and O–H groups in total. The SMILES string of the molecule is O=[P+](Cc1ccccc1)c1ccccc1. The Labute approximate surface area is 90.6 Å². The monoisotopic (exact) mass is 215 g/mol. The minimum Gasteiger partial charge on any atom is -0.0677 e. The molecule has 0 saturated carbocycles. The van der Waals surface area contributed by atoms with Gasteiger partial charge in [-0.25, -0.2) is 0 Å². The zero-order valence-electron chi connectivity index (χ0n) is 8.34. The van der Waals surface area contributed by atoms with Crippen LogP contribution in [0.5, 0.6) is 0 Å². The molecule has 1 nitrogen and oxygen atoms in total. The molecule has 0 aliphatic rings. The van der Waals surface area contributed by atoms with Crippen molar-refractivity contribution in [3.05, 3.63) is 66.2 Å². The molecule has 0 spiro atoms. The van der Waals surface area contributed by atoms with E-state index in [4.69, 9.17) is 0 Å². The molecule has 0 aliphatic carbocycles. The lowest BCUT2D eigenvalue weighted by Crippen LogP contribution is -1.95. The summed E-state index contributed by atoms with van der Waals surface area (Å²) in [6.45, 7) is 0. The van der Waals surface area contributed by atoms with Crippen molar-refractivity contribution in [2.45, 2.75) is 6.16 Å². The van der Waals surface area contributed by atoms with E-state index in [1.54, 1.807) is 0 Å². The van der Waals surface area contributed by atoms with Crippen molar-refractivity contribution in [1.29, 1.82) is 0 Å². The van der Waals surface area contributed by atoms with Crippen molar-refractivity contribution in [2.24, 2.45) is 0 Å². The molecule has 0 radical (unpaired) electrons. The second-order valence-electron chi connectivity index (χ2n) is 3.36. The molecule has 0 saturated heterocycles. The summed E-state index contributed by atoms with van der Waals surface area (Å²) >= 11 is 0. The van der Waals surface area contributed by atoms with Gasteiger partial charge in [-0.15, -0.1) is 0 Å². The van der Waals surface area contributed by atoms with Gasteiger partial charge in [0, 0.05) is 5.56 Å². The van der Waals surface area contributed by atoms with Gasteiger partial charge in [0.15, 0.2) is 11.5 Å². The Morgan fingerprint density at radius 1 is 0.800 bits per heavy atom. The van der Waals surface area contributed by atoms with Crippen LogP contribution < -0.4 is 5.30 Å². The van der Waals surface area contributed by atoms with Gasteiger partial charge in [-0.1, -0.05) is 53.1 Å². The van der Waals surface area contributed by atoms with Gasteiger partial charge in [-0.2, -0.15) is 0 Å². The minimum atomic E-state index is -1.30. The highest BCUT2D eigenvalue weighted by atomic mass is 31.1. The van der Waals surface area contributed by atoms with Crippen molar-refractivity contribution in [3.63, 3.8) is 0 Å². The van der Waals surface area contributed by atoms with Crippen LogP contribution in [-0.4, -0.2) is 0 Å². The molecule has 0 bridgehead atoms. The third-order valence-corrected chi connectivity index (χ3v) is 3.74. The van der Waals surface area contributed by atoms with Gasteiger partial charge in [0.25, 0.3) is 0 Å². The predicted octanol–water partition coefficient (Wildman–Crippen LogP) is 3.34. The summed E-state index contributed by atoms with van der Waals surface area (Å²) in [6, 6.07) is 19.6. The summed E-state index contributed by atoms with van der Waals surface area (Å²) in [6.07, 6.45) is 0.625. The summed E-state index contributed by atoms with van der Waals surface area (Å²) in [5.41, 5.74) is 1.13. The lowest BCUT2D eigenvalue weighted by molar-refractivity contribution is 0.592. The zero-order chi connectivity index (χ0) is 10.5. The summed E-state index contributed by atoms with van der Waals surface area (Å²) in [7, 11) is -1.30. The molecule has 15 heavy (non-hydrogen) atoms. The molecule has 0 heterocycles. The van der Waals surface area contributed by atoms with E-state index in [9.17, 15) is 4.57 Å². The molecule has 1 atom stereocenters. The average Bonchev–Trinajstić information content (AvgIpc) is 2.31. The Morgan fingerprint density at radius 3 is 1.93 bits per heavy atom. The quantitative estimate of drug-likeness (QED) is 0.717. The Kier molecular flexibility index (Phi) is 3.26. The lowest BCUT2D eigenvalue weighted by Gasteiger charge is -1.91. The maximum Gasteiger partial charge on any atom is 0.381 e. The third kappa shape index (κ3) is 2.74. The summed E-state index contributed by atoms with van der Waals surface area (Å²) in [5.74, 6) is 0. The highest BCUT2D eigenvalue weighted by molar-refractivity contribution is 7.52. The van der Waals surface area contributed by atoms with E-state index >= 15 is 0 Å². The van der Waals surface area contributed by atoms with Crippen LogP contribution in [0.4, 0.5) is 0 Å². The van der Waals surface area contributed by atoms with Gasteiger partial charge in [0.1, 0.15) is 0 Å². The van der Waals surface area contributed by atoms with Crippen molar-refractivity contribution in [2.75, 3.05) is 0 Å². The van der Waals surface area contributed by atoms with Crippen LogP contribution in [0.2, 0.25) is 0 Å². The molecule has 1 unspecified atom stereocenters. The first-order chi connectivity index (χ1) is 7.36. The number of rotatable bonds is 3. The smallest absolute Gasteiger partial charge is 0.0677 e. The van der Waals surface area contributed by atoms with Crippen LogP contribution in [0.25, 0.3) is 0 Å². The average molecular weight is 215 g/mol. The van der Waals surface area contributed by atoms with E-state index in [1.807, 2.05) is 60.7 Å². The van der Waals surface area contributed by atoms with Crippen molar-refractivity contribution < 1.29 is 4.57 Å². The van der Waals surface area contributed by atoms with E-state index in [1.165, 1.54) is 0 Å². The molecule has 0 aromatic heterocycles. The first-order valence-electron chi connectivity index (χ1n) is 4.90. The van der Waals surface area contributed by atoms with Crippen LogP contribution in [0.3, 0.4) is 0 Å². The number of benzene rings is 2. The molecule has 0 aliphatic heterocycles. The maximum atomic E-state index is 12.0. The first kappa shape index (κ1) is 10.1. The zero-order valence-corrected chi connectivity index (χ0v) is 9.23. The second-order valence-corrected chi connectivity index (χ2v) is 4.95. The summed E-state index contributed by atoms with van der Waals surface area (Å²) in [5, 5.41) is 0.927. The Morgan fingerprint density at radius 2 is 1.33 bits per heavy atom. The highest BCUT2D eigenvalue weighted by Gasteiger charge is 2.18. The van der Waals surface area contributed by atoms with Gasteiger partial charge < -0.3 is 0 Å². The van der Waals surface area contributed by atoms with Crippen molar-refractivity contribution in [1.82, 2.24) is 0 Å². The molecule has 2 aromatic carbocycles. The maximum absolute atomic E-state index is 12.0. The lowest BCUT2D eigenvalue weighted by atomic mass is 10.2. The molecule has 2 rings (SSSR count). The molecule has 0 fully saturated rings. The molecule has 74 valence electrons. The fraction of sp³-hybridized carbons (Fsp3) is 0.0769. The highest BCUT2D eigenvalue weighted by Crippen LogP contribution is 2.25. The van der Waals surface area contributed by atoms with Gasteiger partial charge >= 0.3 is 7.80 Å².